The molecule has 14 heteroatoms. The molecule has 0 radical (unpaired) electrons. The van der Waals surface area contributed by atoms with Crippen LogP contribution in [0, 0.1) is 24.0 Å². The van der Waals surface area contributed by atoms with Crippen LogP contribution in [0.1, 0.15) is 11.1 Å². The zero-order valence-corrected chi connectivity index (χ0v) is 22.7. The minimum atomic E-state index is -3.97. The van der Waals surface area contributed by atoms with E-state index in [9.17, 15) is 18.5 Å². The van der Waals surface area contributed by atoms with Crippen molar-refractivity contribution in [3.63, 3.8) is 0 Å². The van der Waals surface area contributed by atoms with Crippen molar-refractivity contribution >= 4 is 50.6 Å². The molecule has 0 heterocycles. The third kappa shape index (κ3) is 7.40. The molecule has 0 bridgehead atoms. The maximum Gasteiger partial charge on any atom is 0.339 e. The number of rotatable bonds is 11. The van der Waals surface area contributed by atoms with Crippen molar-refractivity contribution in [1.82, 2.24) is 0 Å². The Labute approximate surface area is 233 Å². The normalized spacial score (nSPS) is 11.5. The van der Waals surface area contributed by atoms with Gasteiger partial charge in [-0.05, 0) is 86.1 Å². The van der Waals surface area contributed by atoms with Crippen molar-refractivity contribution in [3.05, 3.63) is 106 Å². The number of benzene rings is 4. The number of anilines is 2. The predicted octanol–water partition coefficient (Wildman–Crippen LogP) is 7.57. The van der Waals surface area contributed by atoms with Gasteiger partial charge >= 0.3 is 10.1 Å². The summed E-state index contributed by atoms with van der Waals surface area (Å²) in [6.07, 6.45) is 0. The first-order valence-corrected chi connectivity index (χ1v) is 13.6. The van der Waals surface area contributed by atoms with Crippen LogP contribution in [-0.4, -0.2) is 18.6 Å². The number of azo groups is 1. The van der Waals surface area contributed by atoms with E-state index < -0.39 is 15.0 Å². The second-order valence-electron chi connectivity index (χ2n) is 8.33. The lowest BCUT2D eigenvalue weighted by Crippen LogP contribution is -2.09. The lowest BCUT2D eigenvalue weighted by atomic mass is 10.2. The summed E-state index contributed by atoms with van der Waals surface area (Å²) in [4.78, 5) is 11.3. The SMILES string of the molecule is Cc1ccc(S(=O)(=O)Oc2ccc(/N=N/c3ccc(Nc4ccc(SOOO)cc4[N+](=O)[O-])cc3)c(C)c2)cc1. The van der Waals surface area contributed by atoms with Crippen LogP contribution in [0.4, 0.5) is 28.4 Å². The number of nitro benzene ring substituents is 1. The average Bonchev–Trinajstić information content (AvgIpc) is 2.92. The van der Waals surface area contributed by atoms with Crippen LogP contribution in [0.15, 0.2) is 105 Å². The van der Waals surface area contributed by atoms with Gasteiger partial charge < -0.3 is 9.50 Å². The van der Waals surface area contributed by atoms with Crippen molar-refractivity contribution in [2.45, 2.75) is 23.6 Å². The molecule has 0 spiro atoms. The summed E-state index contributed by atoms with van der Waals surface area (Å²) >= 11 is 0.615. The van der Waals surface area contributed by atoms with E-state index in [1.54, 1.807) is 61.5 Å². The maximum absolute atomic E-state index is 12.5. The second kappa shape index (κ2) is 12.7. The maximum atomic E-state index is 12.5. The zero-order chi connectivity index (χ0) is 28.7. The molecular weight excluding hydrogens is 560 g/mol. The summed E-state index contributed by atoms with van der Waals surface area (Å²) in [5.41, 5.74) is 3.25. The van der Waals surface area contributed by atoms with Gasteiger partial charge in [0.2, 0.25) is 0 Å². The van der Waals surface area contributed by atoms with Gasteiger partial charge in [0, 0.05) is 16.6 Å². The van der Waals surface area contributed by atoms with Gasteiger partial charge in [-0.2, -0.15) is 18.6 Å². The van der Waals surface area contributed by atoms with Crippen molar-refractivity contribution in [1.29, 1.82) is 0 Å². The minimum Gasteiger partial charge on any atom is -0.379 e. The van der Waals surface area contributed by atoms with Gasteiger partial charge in [-0.25, -0.2) is 5.26 Å². The van der Waals surface area contributed by atoms with E-state index in [0.29, 0.717) is 39.6 Å². The summed E-state index contributed by atoms with van der Waals surface area (Å²) in [7, 11) is -3.97. The highest BCUT2D eigenvalue weighted by molar-refractivity contribution is 7.94. The van der Waals surface area contributed by atoms with Crippen LogP contribution in [0.5, 0.6) is 5.75 Å². The largest absolute Gasteiger partial charge is 0.379 e. The quantitative estimate of drug-likeness (QED) is 0.0450. The highest BCUT2D eigenvalue weighted by Gasteiger charge is 2.17. The van der Waals surface area contributed by atoms with Gasteiger partial charge in [-0.15, -0.1) is 4.33 Å². The highest BCUT2D eigenvalue weighted by atomic mass is 32.2. The van der Waals surface area contributed by atoms with Crippen LogP contribution in [0.2, 0.25) is 0 Å². The molecule has 2 N–H and O–H groups in total. The fourth-order valence-corrected chi connectivity index (χ4v) is 4.74. The molecule has 12 nitrogen and oxygen atoms in total. The molecule has 4 rings (SSSR count). The van der Waals surface area contributed by atoms with Gasteiger partial charge in [0.05, 0.1) is 28.3 Å². The second-order valence-corrected chi connectivity index (χ2v) is 10.7. The molecule has 0 aliphatic rings. The van der Waals surface area contributed by atoms with Crippen LogP contribution >= 0.6 is 12.0 Å². The molecule has 0 aliphatic carbocycles. The molecule has 40 heavy (non-hydrogen) atoms. The van der Waals surface area contributed by atoms with Crippen molar-refractivity contribution < 1.29 is 32.2 Å². The van der Waals surface area contributed by atoms with Gasteiger partial charge in [0.25, 0.3) is 5.69 Å². The molecular formula is C26H22N4O8S2. The summed E-state index contributed by atoms with van der Waals surface area (Å²) in [6, 6.07) is 22.1. The smallest absolute Gasteiger partial charge is 0.339 e. The Morgan fingerprint density at radius 2 is 1.65 bits per heavy atom. The lowest BCUT2D eigenvalue weighted by Gasteiger charge is -2.09. The van der Waals surface area contributed by atoms with Crippen molar-refractivity contribution in [2.75, 3.05) is 5.32 Å². The van der Waals surface area contributed by atoms with E-state index in [2.05, 4.69) is 24.9 Å². The third-order valence-corrected chi connectivity index (χ3v) is 7.27. The number of hydrogen-bond donors (Lipinski definition) is 2. The Hall–Kier alpha value is -4.34. The Balaban J connectivity index is 1.42. The molecule has 0 unspecified atom stereocenters. The fourth-order valence-electron chi connectivity index (χ4n) is 3.42. The van der Waals surface area contributed by atoms with E-state index in [4.69, 9.17) is 9.44 Å². The van der Waals surface area contributed by atoms with E-state index in [0.717, 1.165) is 5.56 Å². The number of nitrogens with one attached hydrogen (secondary N) is 1. The van der Waals surface area contributed by atoms with Gasteiger partial charge in [-0.3, -0.25) is 10.1 Å². The molecule has 4 aromatic rings. The molecule has 206 valence electrons. The van der Waals surface area contributed by atoms with E-state index >= 15 is 0 Å². The van der Waals surface area contributed by atoms with Gasteiger partial charge in [0.15, 0.2) is 0 Å². The van der Waals surface area contributed by atoms with Crippen LogP contribution < -0.4 is 9.50 Å². The number of nitrogens with zero attached hydrogens (tertiary/aromatic N) is 3. The van der Waals surface area contributed by atoms with Crippen molar-refractivity contribution in [2.24, 2.45) is 10.2 Å². The van der Waals surface area contributed by atoms with Gasteiger partial charge in [-0.1, -0.05) is 22.7 Å². The predicted molar refractivity (Wildman–Crippen MR) is 148 cm³/mol. The van der Waals surface area contributed by atoms with Gasteiger partial charge in [0.1, 0.15) is 16.3 Å². The summed E-state index contributed by atoms with van der Waals surface area (Å²) in [5.74, 6) is 0.155. The molecule has 0 aromatic heterocycles. The Morgan fingerprint density at radius 3 is 2.30 bits per heavy atom. The van der Waals surface area contributed by atoms with Crippen LogP contribution in [0.3, 0.4) is 0 Å². The molecule has 0 atom stereocenters. The fraction of sp³-hybridized carbons (Fsp3) is 0.0769. The van der Waals surface area contributed by atoms with Crippen LogP contribution in [0.25, 0.3) is 0 Å². The first-order chi connectivity index (χ1) is 19.1. The number of nitro groups is 1. The Bertz CT molecular complexity index is 1640. The number of aryl methyl sites for hydroxylation is 2. The Morgan fingerprint density at radius 1 is 0.925 bits per heavy atom. The average molecular weight is 583 g/mol. The summed E-state index contributed by atoms with van der Waals surface area (Å²) in [6.45, 7) is 3.62. The summed E-state index contributed by atoms with van der Waals surface area (Å²) < 4.78 is 34.7. The molecule has 4 aromatic carbocycles. The topological polar surface area (TPSA) is 162 Å². The molecule has 0 fully saturated rings. The molecule has 0 saturated heterocycles. The first kappa shape index (κ1) is 28.7. The number of hydrogen-bond acceptors (Lipinski definition) is 12. The molecule has 0 saturated carbocycles. The van der Waals surface area contributed by atoms with E-state index in [-0.39, 0.29) is 22.0 Å². The van der Waals surface area contributed by atoms with E-state index in [1.807, 2.05) is 6.92 Å². The first-order valence-electron chi connectivity index (χ1n) is 11.5. The highest BCUT2D eigenvalue weighted by Crippen LogP contribution is 2.33. The van der Waals surface area contributed by atoms with Crippen LogP contribution in [-0.2, 0) is 19.5 Å². The third-order valence-electron chi connectivity index (χ3n) is 5.43. The van der Waals surface area contributed by atoms with Crippen molar-refractivity contribution in [3.8, 4) is 5.75 Å². The minimum absolute atomic E-state index is 0.0610. The van der Waals surface area contributed by atoms with E-state index in [1.165, 1.54) is 30.3 Å². The summed E-state index contributed by atoms with van der Waals surface area (Å²) in [5, 5.41) is 34.7. The molecule has 0 amide bonds. The lowest BCUT2D eigenvalue weighted by molar-refractivity contribution is -0.432. The zero-order valence-electron chi connectivity index (χ0n) is 21.0. The standard InChI is InChI=1S/C26H22N4O8S2/c1-17-3-11-23(12-4-17)40(34,35)36-21-9-13-24(18(2)15-21)29-28-20-7-5-19(6-8-20)27-25-14-10-22(39-38-37-33)16-26(25)30(31)32/h3-16,27,33H,1-2H3/b29-28+. The Kier molecular flexibility index (Phi) is 9.08. The molecule has 0 aliphatic heterocycles. The monoisotopic (exact) mass is 582 g/mol.